The number of furan rings is 1. The Kier molecular flexibility index (Phi) is 3.87. The lowest BCUT2D eigenvalue weighted by molar-refractivity contribution is 0.545. The van der Waals surface area contributed by atoms with Gasteiger partial charge in [-0.3, -0.25) is 0 Å². The predicted octanol–water partition coefficient (Wildman–Crippen LogP) is 4.06. The maximum Gasteiger partial charge on any atom is 0.0947 e. The highest BCUT2D eigenvalue weighted by Crippen LogP contribution is 2.21. The van der Waals surface area contributed by atoms with E-state index < -0.39 is 0 Å². The zero-order valence-electron chi connectivity index (χ0n) is 11.6. The summed E-state index contributed by atoms with van der Waals surface area (Å²) in [5, 5.41) is 3.53. The summed E-state index contributed by atoms with van der Waals surface area (Å²) in [7, 11) is 0. The molecule has 0 saturated heterocycles. The van der Waals surface area contributed by atoms with Gasteiger partial charge in [0.2, 0.25) is 0 Å². The molecule has 0 aliphatic heterocycles. The van der Waals surface area contributed by atoms with Crippen LogP contribution in [0.15, 0.2) is 35.1 Å². The van der Waals surface area contributed by atoms with Crippen molar-refractivity contribution >= 4 is 0 Å². The molecule has 1 heterocycles. The maximum absolute atomic E-state index is 5.07. The summed E-state index contributed by atoms with van der Waals surface area (Å²) >= 11 is 0. The molecule has 18 heavy (non-hydrogen) atoms. The molecule has 2 nitrogen and oxygen atoms in total. The number of aryl methyl sites for hydroxylation is 3. The minimum Gasteiger partial charge on any atom is -0.472 e. The molecule has 0 aliphatic rings. The Morgan fingerprint density at radius 2 is 1.83 bits per heavy atom. The molecule has 2 heteroatoms. The number of rotatable bonds is 4. The van der Waals surface area contributed by atoms with Gasteiger partial charge in [0.05, 0.1) is 12.5 Å². The first-order valence-electron chi connectivity index (χ1n) is 6.40. The lowest BCUT2D eigenvalue weighted by Gasteiger charge is -2.18. The van der Waals surface area contributed by atoms with E-state index in [2.05, 4.69) is 45.1 Å². The van der Waals surface area contributed by atoms with Crippen molar-refractivity contribution in [2.45, 2.75) is 40.3 Å². The SMILES string of the molecule is Cc1cc(C)c(C(C)NCc2ccoc2)cc1C. The third kappa shape index (κ3) is 2.82. The van der Waals surface area contributed by atoms with E-state index in [1.807, 2.05) is 6.07 Å². The first kappa shape index (κ1) is 12.9. The van der Waals surface area contributed by atoms with Gasteiger partial charge < -0.3 is 9.73 Å². The Morgan fingerprint density at radius 1 is 1.11 bits per heavy atom. The van der Waals surface area contributed by atoms with E-state index in [0.717, 1.165) is 6.54 Å². The van der Waals surface area contributed by atoms with Crippen LogP contribution in [0.25, 0.3) is 0 Å². The fraction of sp³-hybridized carbons (Fsp3) is 0.375. The second kappa shape index (κ2) is 5.40. The average Bonchev–Trinajstić information content (AvgIpc) is 2.84. The lowest BCUT2D eigenvalue weighted by Crippen LogP contribution is -2.18. The molecule has 0 amide bonds. The third-order valence-corrected chi connectivity index (χ3v) is 3.54. The van der Waals surface area contributed by atoms with E-state index in [1.54, 1.807) is 12.5 Å². The van der Waals surface area contributed by atoms with Gasteiger partial charge in [0, 0.05) is 18.2 Å². The first-order valence-corrected chi connectivity index (χ1v) is 6.40. The van der Waals surface area contributed by atoms with Gasteiger partial charge in [-0.25, -0.2) is 0 Å². The van der Waals surface area contributed by atoms with Crippen molar-refractivity contribution in [3.8, 4) is 0 Å². The quantitative estimate of drug-likeness (QED) is 0.876. The van der Waals surface area contributed by atoms with E-state index in [1.165, 1.54) is 27.8 Å². The van der Waals surface area contributed by atoms with Crippen molar-refractivity contribution in [1.82, 2.24) is 5.32 Å². The summed E-state index contributed by atoms with van der Waals surface area (Å²) in [5.74, 6) is 0. The Hall–Kier alpha value is -1.54. The topological polar surface area (TPSA) is 25.2 Å². The van der Waals surface area contributed by atoms with E-state index in [9.17, 15) is 0 Å². The molecule has 1 atom stereocenters. The van der Waals surface area contributed by atoms with Gasteiger partial charge in [0.25, 0.3) is 0 Å². The Balaban J connectivity index is 2.09. The second-order valence-corrected chi connectivity index (χ2v) is 5.03. The van der Waals surface area contributed by atoms with Crippen LogP contribution >= 0.6 is 0 Å². The van der Waals surface area contributed by atoms with Gasteiger partial charge in [0.1, 0.15) is 0 Å². The van der Waals surface area contributed by atoms with E-state index in [0.29, 0.717) is 6.04 Å². The molecular weight excluding hydrogens is 222 g/mol. The molecule has 2 rings (SSSR count). The smallest absolute Gasteiger partial charge is 0.0947 e. The Bertz CT molecular complexity index is 514. The summed E-state index contributed by atoms with van der Waals surface area (Å²) in [6.07, 6.45) is 3.50. The minimum absolute atomic E-state index is 0.346. The molecule has 2 aromatic rings. The van der Waals surface area contributed by atoms with Gasteiger partial charge in [0.15, 0.2) is 0 Å². The molecule has 0 saturated carbocycles. The van der Waals surface area contributed by atoms with Crippen LogP contribution in [0, 0.1) is 20.8 Å². The van der Waals surface area contributed by atoms with Crippen molar-refractivity contribution in [3.05, 3.63) is 58.5 Å². The van der Waals surface area contributed by atoms with Crippen molar-refractivity contribution in [2.24, 2.45) is 0 Å². The third-order valence-electron chi connectivity index (χ3n) is 3.54. The van der Waals surface area contributed by atoms with Crippen LogP contribution in [0.4, 0.5) is 0 Å². The molecule has 1 N–H and O–H groups in total. The lowest BCUT2D eigenvalue weighted by atomic mass is 9.96. The van der Waals surface area contributed by atoms with E-state index in [-0.39, 0.29) is 0 Å². The van der Waals surface area contributed by atoms with Gasteiger partial charge in [-0.15, -0.1) is 0 Å². The summed E-state index contributed by atoms with van der Waals surface area (Å²) in [6, 6.07) is 6.89. The molecule has 0 bridgehead atoms. The zero-order valence-corrected chi connectivity index (χ0v) is 11.6. The Labute approximate surface area is 109 Å². The van der Waals surface area contributed by atoms with Crippen LogP contribution < -0.4 is 5.32 Å². The number of benzene rings is 1. The Morgan fingerprint density at radius 3 is 2.50 bits per heavy atom. The molecular formula is C16H21NO. The normalized spacial score (nSPS) is 12.7. The molecule has 1 aromatic carbocycles. The minimum atomic E-state index is 0.346. The van der Waals surface area contributed by atoms with Crippen LogP contribution in [0.2, 0.25) is 0 Å². The average molecular weight is 243 g/mol. The van der Waals surface area contributed by atoms with E-state index >= 15 is 0 Å². The fourth-order valence-corrected chi connectivity index (χ4v) is 2.22. The van der Waals surface area contributed by atoms with Crippen molar-refractivity contribution in [2.75, 3.05) is 0 Å². The molecule has 1 unspecified atom stereocenters. The standard InChI is InChI=1S/C16H21NO/c1-11-7-13(3)16(8-12(11)2)14(4)17-9-15-5-6-18-10-15/h5-8,10,14,17H,9H2,1-4H3. The molecule has 0 fully saturated rings. The van der Waals surface area contributed by atoms with Gasteiger partial charge in [-0.05, 0) is 56.0 Å². The molecule has 0 radical (unpaired) electrons. The predicted molar refractivity (Wildman–Crippen MR) is 74.6 cm³/mol. The summed E-state index contributed by atoms with van der Waals surface area (Å²) in [5.41, 5.74) is 6.63. The van der Waals surface area contributed by atoms with Crippen molar-refractivity contribution < 1.29 is 4.42 Å². The molecule has 1 aromatic heterocycles. The second-order valence-electron chi connectivity index (χ2n) is 5.03. The van der Waals surface area contributed by atoms with Gasteiger partial charge >= 0.3 is 0 Å². The van der Waals surface area contributed by atoms with E-state index in [4.69, 9.17) is 4.42 Å². The van der Waals surface area contributed by atoms with Crippen LogP contribution in [0.1, 0.15) is 40.8 Å². The van der Waals surface area contributed by atoms with Crippen LogP contribution in [-0.2, 0) is 6.54 Å². The largest absolute Gasteiger partial charge is 0.472 e. The van der Waals surface area contributed by atoms with Gasteiger partial charge in [-0.2, -0.15) is 0 Å². The first-order chi connectivity index (χ1) is 8.58. The highest BCUT2D eigenvalue weighted by molar-refractivity contribution is 5.38. The summed E-state index contributed by atoms with van der Waals surface area (Å²) in [6.45, 7) is 9.55. The van der Waals surface area contributed by atoms with Gasteiger partial charge in [-0.1, -0.05) is 12.1 Å². The monoisotopic (exact) mass is 243 g/mol. The molecule has 0 aliphatic carbocycles. The number of hydrogen-bond donors (Lipinski definition) is 1. The zero-order chi connectivity index (χ0) is 13.1. The summed E-state index contributed by atoms with van der Waals surface area (Å²) in [4.78, 5) is 0. The fourth-order valence-electron chi connectivity index (χ4n) is 2.22. The van der Waals surface area contributed by atoms with Crippen LogP contribution in [0.3, 0.4) is 0 Å². The van der Waals surface area contributed by atoms with Crippen LogP contribution in [-0.4, -0.2) is 0 Å². The van der Waals surface area contributed by atoms with Crippen molar-refractivity contribution in [3.63, 3.8) is 0 Å². The number of nitrogens with one attached hydrogen (secondary N) is 1. The van der Waals surface area contributed by atoms with Crippen molar-refractivity contribution in [1.29, 1.82) is 0 Å². The number of hydrogen-bond acceptors (Lipinski definition) is 2. The summed E-state index contributed by atoms with van der Waals surface area (Å²) < 4.78 is 5.07. The molecule has 96 valence electrons. The highest BCUT2D eigenvalue weighted by Gasteiger charge is 2.09. The molecule has 0 spiro atoms. The highest BCUT2D eigenvalue weighted by atomic mass is 16.3. The van der Waals surface area contributed by atoms with Crippen LogP contribution in [0.5, 0.6) is 0 Å². The maximum atomic E-state index is 5.07.